The topological polar surface area (TPSA) is 231 Å². The van der Waals surface area contributed by atoms with E-state index in [1.807, 2.05) is 54.6 Å². The first kappa shape index (κ1) is 42.5. The van der Waals surface area contributed by atoms with Gasteiger partial charge in [-0.2, -0.15) is 13.1 Å². The minimum absolute atomic E-state index is 0.0800. The fourth-order valence-corrected chi connectivity index (χ4v) is 8.47. The van der Waals surface area contributed by atoms with Crippen LogP contribution < -0.4 is 36.7 Å². The number of aromatic nitrogens is 4. The highest BCUT2D eigenvalue weighted by Crippen LogP contribution is 2.43. The maximum absolute atomic E-state index is 13.7. The van der Waals surface area contributed by atoms with Gasteiger partial charge in [-0.3, -0.25) is 32.9 Å². The molecular formula is C41H45N5O13S. The average molecular weight is 848 g/mol. The number of aryl methyl sites for hydroxylation is 2. The van der Waals surface area contributed by atoms with Crippen LogP contribution in [0, 0.1) is 13.8 Å². The number of hydrogen-bond donors (Lipinski definition) is 4. The molecule has 4 N–H and O–H groups in total. The van der Waals surface area contributed by atoms with Crippen LogP contribution in [-0.4, -0.2) is 84.4 Å². The number of nitrogens with one attached hydrogen (secondary N) is 3. The van der Waals surface area contributed by atoms with Crippen molar-refractivity contribution < 1.29 is 41.4 Å². The Hall–Kier alpha value is -5.67. The Labute approximate surface area is 343 Å². The van der Waals surface area contributed by atoms with Crippen LogP contribution in [0.2, 0.25) is 0 Å². The van der Waals surface area contributed by atoms with Crippen LogP contribution in [0.4, 0.5) is 0 Å². The fraction of sp³-hybridized carbons (Fsp3) is 0.366. The van der Waals surface area contributed by atoms with E-state index in [-0.39, 0.29) is 30.6 Å². The number of rotatable bonds is 15. The summed E-state index contributed by atoms with van der Waals surface area (Å²) < 4.78 is 67.7. The number of aliphatic hydroxyl groups excluding tert-OH is 1. The van der Waals surface area contributed by atoms with Gasteiger partial charge < -0.3 is 28.8 Å². The standard InChI is InChI=1S/C41H45N5O13S/c1-24-20-45(39(50)42-37(24)48)35-18-31(44-60(52,53)57-23-34-32(47)19-36(59-34)46-21-25(2)38(49)43-40(46)51)33(58-35)22-56-41(26-8-6-5-7-9-26,27-10-14-29(54-3)15-11-27)28-12-16-30(55-4)17-13-28/h5-17,20-21,31-36,44,47H,18-19,22-23H2,1-4H3,(H,42,48,50)(H,43,49,51)/t31-,32-,33+,34+,35+,36+/m0/s1. The quantitative estimate of drug-likeness (QED) is 0.111. The highest BCUT2D eigenvalue weighted by molar-refractivity contribution is 7.84. The predicted octanol–water partition coefficient (Wildman–Crippen LogP) is 1.89. The third kappa shape index (κ3) is 8.78. The Bertz CT molecular complexity index is 2600. The van der Waals surface area contributed by atoms with E-state index in [1.54, 1.807) is 38.5 Å². The Kier molecular flexibility index (Phi) is 12.4. The lowest BCUT2D eigenvalue weighted by Crippen LogP contribution is -2.45. The van der Waals surface area contributed by atoms with Crippen molar-refractivity contribution >= 4 is 10.3 Å². The molecule has 2 saturated heterocycles. The highest BCUT2D eigenvalue weighted by Gasteiger charge is 2.44. The molecule has 7 rings (SSSR count). The van der Waals surface area contributed by atoms with Gasteiger partial charge in [-0.1, -0.05) is 54.6 Å². The molecule has 3 aromatic carbocycles. The van der Waals surface area contributed by atoms with E-state index in [2.05, 4.69) is 14.7 Å². The van der Waals surface area contributed by atoms with Crippen molar-refractivity contribution in [1.29, 1.82) is 0 Å². The number of hydrogen-bond acceptors (Lipinski definition) is 13. The van der Waals surface area contributed by atoms with Gasteiger partial charge in [-0.05, 0) is 54.8 Å². The lowest BCUT2D eigenvalue weighted by molar-refractivity contribution is -0.0806. The molecular weight excluding hydrogens is 803 g/mol. The molecule has 5 aromatic rings. The molecule has 0 saturated carbocycles. The van der Waals surface area contributed by atoms with Crippen molar-refractivity contribution in [2.24, 2.45) is 0 Å². The van der Waals surface area contributed by atoms with Gasteiger partial charge in [-0.25, -0.2) is 9.59 Å². The zero-order chi connectivity index (χ0) is 42.8. The molecule has 60 heavy (non-hydrogen) atoms. The summed E-state index contributed by atoms with van der Waals surface area (Å²) in [6, 6.07) is 23.0. The Morgan fingerprint density at radius 3 is 1.72 bits per heavy atom. The number of benzene rings is 3. The van der Waals surface area contributed by atoms with E-state index >= 15 is 0 Å². The molecule has 0 amide bonds. The van der Waals surface area contributed by atoms with Gasteiger partial charge in [0.1, 0.15) is 41.8 Å². The Balaban J connectivity index is 1.19. The number of methoxy groups -OCH3 is 2. The molecule has 4 heterocycles. The average Bonchev–Trinajstić information content (AvgIpc) is 3.82. The maximum atomic E-state index is 13.7. The lowest BCUT2D eigenvalue weighted by atomic mass is 9.80. The summed E-state index contributed by atoms with van der Waals surface area (Å²) in [5, 5.41) is 10.8. The highest BCUT2D eigenvalue weighted by atomic mass is 32.2. The minimum atomic E-state index is -4.63. The minimum Gasteiger partial charge on any atom is -0.497 e. The summed E-state index contributed by atoms with van der Waals surface area (Å²) in [7, 11) is -1.51. The van der Waals surface area contributed by atoms with Crippen LogP contribution in [-0.2, 0) is 34.3 Å². The second-order valence-corrected chi connectivity index (χ2v) is 15.9. The second kappa shape index (κ2) is 17.5. The van der Waals surface area contributed by atoms with Crippen LogP contribution >= 0.6 is 0 Å². The number of H-pyrrole nitrogens is 2. The molecule has 2 aliphatic heterocycles. The van der Waals surface area contributed by atoms with E-state index in [1.165, 1.54) is 30.8 Å². The first-order chi connectivity index (χ1) is 28.7. The summed E-state index contributed by atoms with van der Waals surface area (Å²) in [5.41, 5.74) is -1.37. The summed E-state index contributed by atoms with van der Waals surface area (Å²) in [4.78, 5) is 54.1. The van der Waals surface area contributed by atoms with Crippen molar-refractivity contribution in [1.82, 2.24) is 23.8 Å². The summed E-state index contributed by atoms with van der Waals surface area (Å²) >= 11 is 0. The molecule has 2 aromatic heterocycles. The van der Waals surface area contributed by atoms with Gasteiger partial charge in [0.2, 0.25) is 0 Å². The molecule has 0 spiro atoms. The van der Waals surface area contributed by atoms with Gasteiger partial charge in [0.25, 0.3) is 11.1 Å². The molecule has 0 radical (unpaired) electrons. The van der Waals surface area contributed by atoms with Gasteiger partial charge in [-0.15, -0.1) is 0 Å². The molecule has 0 unspecified atom stereocenters. The zero-order valence-corrected chi connectivity index (χ0v) is 33.9. The molecule has 19 heteroatoms. The molecule has 0 bridgehead atoms. The molecule has 18 nitrogen and oxygen atoms in total. The van der Waals surface area contributed by atoms with E-state index < -0.39 is 81.8 Å². The Morgan fingerprint density at radius 1 is 0.717 bits per heavy atom. The maximum Gasteiger partial charge on any atom is 0.336 e. The van der Waals surface area contributed by atoms with Crippen LogP contribution in [0.3, 0.4) is 0 Å². The molecule has 0 aliphatic carbocycles. The van der Waals surface area contributed by atoms with Gasteiger partial charge in [0, 0.05) is 36.4 Å². The monoisotopic (exact) mass is 847 g/mol. The normalized spacial score (nSPS) is 21.9. The SMILES string of the molecule is COc1ccc(C(OC[C@H]2O[C@@H](n3cc(C)c(=O)[nH]c3=O)C[C@@H]2NS(=O)(=O)OC[C@H]2O[C@@H](n3cc(C)c(=O)[nH]c3=O)C[C@@H]2O)(c2ccccc2)c2ccc(OC)cc2)cc1. The van der Waals surface area contributed by atoms with Crippen molar-refractivity contribution in [3.05, 3.63) is 161 Å². The van der Waals surface area contributed by atoms with Crippen molar-refractivity contribution in [3.8, 4) is 11.5 Å². The molecule has 2 aliphatic rings. The van der Waals surface area contributed by atoms with Crippen LogP contribution in [0.15, 0.2) is 110 Å². The fourth-order valence-electron chi connectivity index (χ4n) is 7.47. The van der Waals surface area contributed by atoms with Gasteiger partial charge in [0.15, 0.2) is 0 Å². The lowest BCUT2D eigenvalue weighted by Gasteiger charge is -2.37. The van der Waals surface area contributed by atoms with Crippen LogP contribution in [0.1, 0.15) is 53.1 Å². The van der Waals surface area contributed by atoms with Gasteiger partial charge in [0.05, 0.1) is 39.6 Å². The van der Waals surface area contributed by atoms with Crippen molar-refractivity contribution in [3.63, 3.8) is 0 Å². The third-order valence-corrected chi connectivity index (χ3v) is 11.7. The summed E-state index contributed by atoms with van der Waals surface area (Å²) in [6.45, 7) is 2.15. The van der Waals surface area contributed by atoms with E-state index in [4.69, 9.17) is 27.9 Å². The predicted molar refractivity (Wildman–Crippen MR) is 215 cm³/mol. The number of nitrogens with zero attached hydrogens (tertiary/aromatic N) is 2. The first-order valence-electron chi connectivity index (χ1n) is 19.0. The van der Waals surface area contributed by atoms with Gasteiger partial charge >= 0.3 is 21.7 Å². The van der Waals surface area contributed by atoms with Crippen molar-refractivity contribution in [2.45, 2.75) is 69.1 Å². The smallest absolute Gasteiger partial charge is 0.336 e. The molecule has 6 atom stereocenters. The number of aliphatic hydroxyl groups is 1. The molecule has 318 valence electrons. The zero-order valence-electron chi connectivity index (χ0n) is 33.1. The second-order valence-electron chi connectivity index (χ2n) is 14.5. The number of ether oxygens (including phenoxy) is 5. The van der Waals surface area contributed by atoms with E-state index in [0.29, 0.717) is 22.6 Å². The largest absolute Gasteiger partial charge is 0.497 e. The van der Waals surface area contributed by atoms with Crippen LogP contribution in [0.25, 0.3) is 0 Å². The Morgan fingerprint density at radius 2 is 1.20 bits per heavy atom. The van der Waals surface area contributed by atoms with E-state index in [9.17, 15) is 32.7 Å². The summed E-state index contributed by atoms with van der Waals surface area (Å²) in [5.74, 6) is 1.22. The van der Waals surface area contributed by atoms with E-state index in [0.717, 1.165) is 10.1 Å². The van der Waals surface area contributed by atoms with Crippen LogP contribution in [0.5, 0.6) is 11.5 Å². The molecule has 2 fully saturated rings. The number of aromatic amines is 2. The third-order valence-electron chi connectivity index (χ3n) is 10.7. The first-order valence-corrected chi connectivity index (χ1v) is 20.4. The van der Waals surface area contributed by atoms with Crippen molar-refractivity contribution in [2.75, 3.05) is 27.4 Å². The summed E-state index contributed by atoms with van der Waals surface area (Å²) in [6.07, 6.45) is -3.04.